The molecule has 4 rings (SSSR count). The first-order valence-corrected chi connectivity index (χ1v) is 9.68. The van der Waals surface area contributed by atoms with Crippen molar-refractivity contribution in [1.82, 2.24) is 15.1 Å². The van der Waals surface area contributed by atoms with E-state index in [1.165, 1.54) is 0 Å². The number of para-hydroxylation sites is 1. The lowest BCUT2D eigenvalue weighted by atomic mass is 10.1. The highest BCUT2D eigenvalue weighted by molar-refractivity contribution is 6.32. The highest BCUT2D eigenvalue weighted by Crippen LogP contribution is 2.33. The van der Waals surface area contributed by atoms with Gasteiger partial charge in [0.1, 0.15) is 5.69 Å². The molecule has 0 spiro atoms. The fourth-order valence-corrected chi connectivity index (χ4v) is 3.40. The van der Waals surface area contributed by atoms with Gasteiger partial charge in [-0.1, -0.05) is 47.5 Å². The Morgan fingerprint density at radius 3 is 2.54 bits per heavy atom. The number of nitrogens with zero attached hydrogens (tertiary/aromatic N) is 4. The molecule has 1 aliphatic carbocycles. The van der Waals surface area contributed by atoms with E-state index in [1.807, 2.05) is 61.6 Å². The van der Waals surface area contributed by atoms with Crippen LogP contribution in [0.4, 0.5) is 0 Å². The number of rotatable bonds is 4. The molecule has 1 N–H and O–H groups in total. The molecule has 1 fully saturated rings. The number of hydrogen-bond donors (Lipinski definition) is 1. The number of nitriles is 1. The van der Waals surface area contributed by atoms with Crippen LogP contribution in [-0.4, -0.2) is 21.7 Å². The molecule has 0 atom stereocenters. The number of nitrogens with one attached hydrogen (secondary N) is 1. The molecule has 28 heavy (non-hydrogen) atoms. The molecule has 0 saturated heterocycles. The van der Waals surface area contributed by atoms with Gasteiger partial charge in [-0.15, -0.1) is 0 Å². The van der Waals surface area contributed by atoms with Crippen LogP contribution < -0.4 is 5.32 Å². The number of benzene rings is 2. The smallest absolute Gasteiger partial charge is 0.182 e. The average molecular weight is 410 g/mol. The SMILES string of the molecule is Cc1c(C(=NC2CC2)NC#N)nn(-c2ccccc2Cl)c1-c1ccc(Cl)cc1. The van der Waals surface area contributed by atoms with E-state index in [4.69, 9.17) is 28.3 Å². The number of amidine groups is 1. The van der Waals surface area contributed by atoms with Crippen molar-refractivity contribution in [1.29, 1.82) is 5.26 Å². The minimum Gasteiger partial charge on any atom is -0.275 e. The maximum Gasteiger partial charge on any atom is 0.182 e. The van der Waals surface area contributed by atoms with Gasteiger partial charge in [0.25, 0.3) is 0 Å². The van der Waals surface area contributed by atoms with E-state index >= 15 is 0 Å². The Kier molecular flexibility index (Phi) is 5.08. The van der Waals surface area contributed by atoms with Crippen molar-refractivity contribution >= 4 is 29.0 Å². The second kappa shape index (κ2) is 7.67. The molecule has 0 aliphatic heterocycles. The van der Waals surface area contributed by atoms with Gasteiger partial charge in [0, 0.05) is 16.1 Å². The van der Waals surface area contributed by atoms with Crippen LogP contribution in [-0.2, 0) is 0 Å². The lowest BCUT2D eigenvalue weighted by molar-refractivity contribution is 0.878. The molecule has 3 aromatic rings. The predicted octanol–water partition coefficient (Wildman–Crippen LogP) is 5.13. The molecule has 1 aliphatic rings. The molecule has 1 aromatic heterocycles. The van der Waals surface area contributed by atoms with E-state index in [-0.39, 0.29) is 6.04 Å². The van der Waals surface area contributed by atoms with Gasteiger partial charge < -0.3 is 0 Å². The van der Waals surface area contributed by atoms with Crippen LogP contribution in [0.15, 0.2) is 53.5 Å². The fourth-order valence-electron chi connectivity index (χ4n) is 3.06. The van der Waals surface area contributed by atoms with Crippen LogP contribution in [0.2, 0.25) is 10.0 Å². The second-order valence-electron chi connectivity index (χ2n) is 6.64. The standard InChI is InChI=1S/C21H17Cl2N5/c1-13-19(21(25-12-24)26-16-10-11-16)27-28(18-5-3-2-4-17(18)23)20(13)14-6-8-15(22)9-7-14/h2-9,16H,10-11H2,1H3,(H,25,26). The quantitative estimate of drug-likeness (QED) is 0.281. The van der Waals surface area contributed by atoms with Gasteiger partial charge in [-0.3, -0.25) is 10.3 Å². The average Bonchev–Trinajstić information content (AvgIpc) is 3.44. The molecule has 5 nitrogen and oxygen atoms in total. The largest absolute Gasteiger partial charge is 0.275 e. The van der Waals surface area contributed by atoms with E-state index in [1.54, 1.807) is 4.68 Å². The Balaban J connectivity index is 1.95. The van der Waals surface area contributed by atoms with E-state index in [0.717, 1.165) is 35.3 Å². The van der Waals surface area contributed by atoms with Crippen LogP contribution in [0.5, 0.6) is 0 Å². The van der Waals surface area contributed by atoms with Crippen molar-refractivity contribution in [3.63, 3.8) is 0 Å². The van der Waals surface area contributed by atoms with Crippen LogP contribution in [0, 0.1) is 18.4 Å². The summed E-state index contributed by atoms with van der Waals surface area (Å²) in [6.45, 7) is 1.97. The predicted molar refractivity (Wildman–Crippen MR) is 112 cm³/mol. The Labute approximate surface area is 173 Å². The topological polar surface area (TPSA) is 66.0 Å². The van der Waals surface area contributed by atoms with Gasteiger partial charge in [-0.05, 0) is 44.0 Å². The van der Waals surface area contributed by atoms with E-state index in [9.17, 15) is 5.26 Å². The summed E-state index contributed by atoms with van der Waals surface area (Å²) in [5, 5.41) is 17.9. The number of halogens is 2. The molecule has 2 aromatic carbocycles. The van der Waals surface area contributed by atoms with E-state index in [2.05, 4.69) is 10.3 Å². The summed E-state index contributed by atoms with van der Waals surface area (Å²) in [7, 11) is 0. The summed E-state index contributed by atoms with van der Waals surface area (Å²) in [6.07, 6.45) is 4.05. The summed E-state index contributed by atoms with van der Waals surface area (Å²) in [5.41, 5.74) is 4.13. The third-order valence-corrected chi connectivity index (χ3v) is 5.15. The second-order valence-corrected chi connectivity index (χ2v) is 7.48. The Hall–Kier alpha value is -2.81. The summed E-state index contributed by atoms with van der Waals surface area (Å²) >= 11 is 12.5. The zero-order chi connectivity index (χ0) is 19.7. The highest BCUT2D eigenvalue weighted by atomic mass is 35.5. The summed E-state index contributed by atoms with van der Waals surface area (Å²) in [4.78, 5) is 4.64. The molecular weight excluding hydrogens is 393 g/mol. The third-order valence-electron chi connectivity index (χ3n) is 4.58. The van der Waals surface area contributed by atoms with Crippen LogP contribution in [0.25, 0.3) is 16.9 Å². The molecular formula is C21H17Cl2N5. The van der Waals surface area contributed by atoms with Crippen molar-refractivity contribution in [2.75, 3.05) is 0 Å². The maximum absolute atomic E-state index is 9.19. The third kappa shape index (κ3) is 3.62. The Morgan fingerprint density at radius 2 is 1.89 bits per heavy atom. The molecule has 1 heterocycles. The van der Waals surface area contributed by atoms with Crippen molar-refractivity contribution in [2.24, 2.45) is 4.99 Å². The molecule has 0 amide bonds. The highest BCUT2D eigenvalue weighted by Gasteiger charge is 2.26. The van der Waals surface area contributed by atoms with Crippen molar-refractivity contribution in [2.45, 2.75) is 25.8 Å². The minimum atomic E-state index is 0.250. The summed E-state index contributed by atoms with van der Waals surface area (Å²) < 4.78 is 1.80. The summed E-state index contributed by atoms with van der Waals surface area (Å²) in [5.74, 6) is 0.489. The van der Waals surface area contributed by atoms with Gasteiger partial charge in [0.05, 0.1) is 22.4 Å². The van der Waals surface area contributed by atoms with Gasteiger partial charge in [-0.25, -0.2) is 4.68 Å². The normalized spacial score (nSPS) is 14.0. The first-order valence-electron chi connectivity index (χ1n) is 8.92. The first kappa shape index (κ1) is 18.5. The van der Waals surface area contributed by atoms with Crippen LogP contribution >= 0.6 is 23.2 Å². The number of hydrogen-bond acceptors (Lipinski definition) is 3. The van der Waals surface area contributed by atoms with Gasteiger partial charge in [-0.2, -0.15) is 10.4 Å². The van der Waals surface area contributed by atoms with Crippen LogP contribution in [0.3, 0.4) is 0 Å². The van der Waals surface area contributed by atoms with Gasteiger partial charge >= 0.3 is 0 Å². The zero-order valence-electron chi connectivity index (χ0n) is 15.2. The Morgan fingerprint density at radius 1 is 1.18 bits per heavy atom. The molecule has 7 heteroatoms. The molecule has 1 saturated carbocycles. The van der Waals surface area contributed by atoms with Crippen molar-refractivity contribution in [3.8, 4) is 23.1 Å². The minimum absolute atomic E-state index is 0.250. The summed E-state index contributed by atoms with van der Waals surface area (Å²) in [6, 6.07) is 15.3. The number of aliphatic imine (C=N–C) groups is 1. The Bertz CT molecular complexity index is 1090. The van der Waals surface area contributed by atoms with Crippen molar-refractivity contribution < 1.29 is 0 Å². The fraction of sp³-hybridized carbons (Fsp3) is 0.190. The molecule has 0 unspecified atom stereocenters. The van der Waals surface area contributed by atoms with Gasteiger partial charge in [0.15, 0.2) is 12.0 Å². The van der Waals surface area contributed by atoms with E-state index in [0.29, 0.717) is 21.6 Å². The lowest BCUT2D eigenvalue weighted by Gasteiger charge is -2.10. The first-order chi connectivity index (χ1) is 13.6. The van der Waals surface area contributed by atoms with Gasteiger partial charge in [0.2, 0.25) is 0 Å². The van der Waals surface area contributed by atoms with Crippen LogP contribution in [0.1, 0.15) is 24.1 Å². The molecule has 0 bridgehead atoms. The van der Waals surface area contributed by atoms with Crippen molar-refractivity contribution in [3.05, 3.63) is 69.8 Å². The zero-order valence-corrected chi connectivity index (χ0v) is 16.7. The maximum atomic E-state index is 9.19. The van der Waals surface area contributed by atoms with E-state index < -0.39 is 0 Å². The number of aromatic nitrogens is 2. The molecule has 140 valence electrons. The molecule has 0 radical (unpaired) electrons. The lowest BCUT2D eigenvalue weighted by Crippen LogP contribution is -2.21. The monoisotopic (exact) mass is 409 g/mol.